The lowest BCUT2D eigenvalue weighted by Gasteiger charge is -2.38. The molecule has 0 spiro atoms. The van der Waals surface area contributed by atoms with Gasteiger partial charge in [-0.25, -0.2) is 0 Å². The van der Waals surface area contributed by atoms with Gasteiger partial charge in [0.05, 0.1) is 13.2 Å². The van der Waals surface area contributed by atoms with Gasteiger partial charge in [-0.3, -0.25) is 0 Å². The first kappa shape index (κ1) is 17.5. The molecule has 1 aliphatic rings. The summed E-state index contributed by atoms with van der Waals surface area (Å²) in [5.41, 5.74) is 2.48. The number of nitrogens with zero attached hydrogens (tertiary/aromatic N) is 2. The molecular formula is C20H25N3OS. The van der Waals surface area contributed by atoms with Gasteiger partial charge in [-0.05, 0) is 49.0 Å². The van der Waals surface area contributed by atoms with E-state index in [0.717, 1.165) is 37.0 Å². The third kappa shape index (κ3) is 4.42. The minimum Gasteiger partial charge on any atom is -0.497 e. The lowest BCUT2D eigenvalue weighted by molar-refractivity contribution is 0.376. The van der Waals surface area contributed by atoms with E-state index in [0.29, 0.717) is 0 Å². The SMILES string of the molecule is COc1ccc(N2CCN(C(=S)N[C@H](C)c3ccccc3)CC2)cc1. The van der Waals surface area contributed by atoms with Crippen LogP contribution in [0.2, 0.25) is 0 Å². The number of anilines is 1. The van der Waals surface area contributed by atoms with Gasteiger partial charge in [0.15, 0.2) is 5.11 Å². The molecule has 25 heavy (non-hydrogen) atoms. The zero-order valence-corrected chi connectivity index (χ0v) is 15.6. The Balaban J connectivity index is 1.52. The number of benzene rings is 2. The van der Waals surface area contributed by atoms with Crippen LogP contribution in [0.15, 0.2) is 54.6 Å². The van der Waals surface area contributed by atoms with Gasteiger partial charge in [0.25, 0.3) is 0 Å². The van der Waals surface area contributed by atoms with E-state index >= 15 is 0 Å². The molecule has 132 valence electrons. The second-order valence-corrected chi connectivity index (χ2v) is 6.64. The first-order valence-electron chi connectivity index (χ1n) is 8.67. The van der Waals surface area contributed by atoms with E-state index < -0.39 is 0 Å². The summed E-state index contributed by atoms with van der Waals surface area (Å²) in [7, 11) is 1.69. The molecule has 0 radical (unpaired) electrons. The summed E-state index contributed by atoms with van der Waals surface area (Å²) < 4.78 is 5.23. The van der Waals surface area contributed by atoms with Crippen LogP contribution in [0.25, 0.3) is 0 Å². The van der Waals surface area contributed by atoms with Crippen molar-refractivity contribution < 1.29 is 4.74 Å². The van der Waals surface area contributed by atoms with Gasteiger partial charge in [-0.1, -0.05) is 30.3 Å². The number of nitrogens with one attached hydrogen (secondary N) is 1. The minimum absolute atomic E-state index is 0.216. The maximum atomic E-state index is 5.62. The Hall–Kier alpha value is -2.27. The van der Waals surface area contributed by atoms with Gasteiger partial charge in [0, 0.05) is 31.9 Å². The van der Waals surface area contributed by atoms with Crippen LogP contribution in [0.5, 0.6) is 5.75 Å². The molecule has 4 nitrogen and oxygen atoms in total. The van der Waals surface area contributed by atoms with Gasteiger partial charge in [-0.15, -0.1) is 0 Å². The van der Waals surface area contributed by atoms with Crippen LogP contribution in [0.1, 0.15) is 18.5 Å². The van der Waals surface area contributed by atoms with E-state index in [-0.39, 0.29) is 6.04 Å². The van der Waals surface area contributed by atoms with Crippen molar-refractivity contribution in [2.24, 2.45) is 0 Å². The Bertz CT molecular complexity index is 682. The fraction of sp³-hybridized carbons (Fsp3) is 0.350. The molecular weight excluding hydrogens is 330 g/mol. The molecule has 1 saturated heterocycles. The molecule has 2 aromatic carbocycles. The van der Waals surface area contributed by atoms with Crippen LogP contribution in [-0.2, 0) is 0 Å². The second kappa shape index (κ2) is 8.21. The van der Waals surface area contributed by atoms with E-state index in [9.17, 15) is 0 Å². The summed E-state index contributed by atoms with van der Waals surface area (Å²) in [5, 5.41) is 4.30. The van der Waals surface area contributed by atoms with Gasteiger partial charge in [-0.2, -0.15) is 0 Å². The van der Waals surface area contributed by atoms with Crippen molar-refractivity contribution in [2.45, 2.75) is 13.0 Å². The van der Waals surface area contributed by atoms with Gasteiger partial charge < -0.3 is 19.9 Å². The number of piperazine rings is 1. The zero-order chi connectivity index (χ0) is 17.6. The summed E-state index contributed by atoms with van der Waals surface area (Å²) in [6.07, 6.45) is 0. The highest BCUT2D eigenvalue weighted by Crippen LogP contribution is 2.21. The van der Waals surface area contributed by atoms with Gasteiger partial charge >= 0.3 is 0 Å². The summed E-state index contributed by atoms with van der Waals surface area (Å²) >= 11 is 5.62. The van der Waals surface area contributed by atoms with Crippen LogP contribution in [0, 0.1) is 0 Å². The highest BCUT2D eigenvalue weighted by Gasteiger charge is 2.20. The molecule has 1 N–H and O–H groups in total. The fourth-order valence-electron chi connectivity index (χ4n) is 3.06. The standard InChI is InChI=1S/C20H25N3OS/c1-16(17-6-4-3-5-7-17)21-20(25)23-14-12-22(13-15-23)18-8-10-19(24-2)11-9-18/h3-11,16H,12-15H2,1-2H3,(H,21,25)/t16-/m1/s1. The highest BCUT2D eigenvalue weighted by atomic mass is 32.1. The zero-order valence-electron chi connectivity index (χ0n) is 14.8. The molecule has 1 fully saturated rings. The van der Waals surface area contributed by atoms with Crippen LogP contribution in [-0.4, -0.2) is 43.3 Å². The van der Waals surface area contributed by atoms with Crippen LogP contribution in [0.4, 0.5) is 5.69 Å². The number of rotatable bonds is 4. The quantitative estimate of drug-likeness (QED) is 0.848. The predicted molar refractivity (Wildman–Crippen MR) is 107 cm³/mol. The number of thiocarbonyl (C=S) groups is 1. The summed E-state index contributed by atoms with van der Waals surface area (Å²) in [6, 6.07) is 18.9. The maximum absolute atomic E-state index is 5.62. The van der Waals surface area contributed by atoms with E-state index in [1.807, 2.05) is 18.2 Å². The van der Waals surface area contributed by atoms with Crippen molar-refractivity contribution in [3.05, 3.63) is 60.2 Å². The largest absolute Gasteiger partial charge is 0.497 e. The lowest BCUT2D eigenvalue weighted by Crippen LogP contribution is -2.52. The van der Waals surface area contributed by atoms with Crippen molar-refractivity contribution in [3.63, 3.8) is 0 Å². The third-order valence-electron chi connectivity index (χ3n) is 4.64. The second-order valence-electron chi connectivity index (χ2n) is 6.25. The van der Waals surface area contributed by atoms with Crippen molar-refractivity contribution in [3.8, 4) is 5.75 Å². The summed E-state index contributed by atoms with van der Waals surface area (Å²) in [4.78, 5) is 4.65. The molecule has 0 saturated carbocycles. The van der Waals surface area contributed by atoms with Gasteiger partial charge in [0.2, 0.25) is 0 Å². The average Bonchev–Trinajstić information content (AvgIpc) is 2.69. The molecule has 3 rings (SSSR count). The highest BCUT2D eigenvalue weighted by molar-refractivity contribution is 7.80. The third-order valence-corrected chi connectivity index (χ3v) is 5.02. The van der Waals surface area contributed by atoms with E-state index in [4.69, 9.17) is 17.0 Å². The molecule has 0 aliphatic carbocycles. The lowest BCUT2D eigenvalue weighted by atomic mass is 10.1. The van der Waals surface area contributed by atoms with Crippen molar-refractivity contribution in [2.75, 3.05) is 38.2 Å². The first-order chi connectivity index (χ1) is 12.2. The van der Waals surface area contributed by atoms with Crippen molar-refractivity contribution >= 4 is 23.0 Å². The number of ether oxygens (including phenoxy) is 1. The van der Waals surface area contributed by atoms with Gasteiger partial charge in [0.1, 0.15) is 5.75 Å². The van der Waals surface area contributed by atoms with Crippen LogP contribution in [0.3, 0.4) is 0 Å². The fourth-order valence-corrected chi connectivity index (χ4v) is 3.42. The molecule has 0 bridgehead atoms. The van der Waals surface area contributed by atoms with E-state index in [1.54, 1.807) is 7.11 Å². The Kier molecular flexibility index (Phi) is 5.76. The molecule has 1 heterocycles. The maximum Gasteiger partial charge on any atom is 0.169 e. The van der Waals surface area contributed by atoms with E-state index in [2.05, 4.69) is 58.4 Å². The Morgan fingerprint density at radius 2 is 1.64 bits per heavy atom. The van der Waals surface area contributed by atoms with E-state index in [1.165, 1.54) is 11.3 Å². The molecule has 0 amide bonds. The molecule has 1 aliphatic heterocycles. The molecule has 0 aromatic heterocycles. The average molecular weight is 356 g/mol. The predicted octanol–water partition coefficient (Wildman–Crippen LogP) is 3.45. The number of hydrogen-bond donors (Lipinski definition) is 1. The monoisotopic (exact) mass is 355 g/mol. The Labute approximate surface area is 155 Å². The Morgan fingerprint density at radius 1 is 1.00 bits per heavy atom. The number of methoxy groups -OCH3 is 1. The Morgan fingerprint density at radius 3 is 2.24 bits per heavy atom. The van der Waals surface area contributed by atoms with Crippen molar-refractivity contribution in [1.82, 2.24) is 10.2 Å². The normalized spacial score (nSPS) is 15.6. The smallest absolute Gasteiger partial charge is 0.169 e. The number of hydrogen-bond acceptors (Lipinski definition) is 3. The topological polar surface area (TPSA) is 27.7 Å². The minimum atomic E-state index is 0.216. The molecule has 5 heteroatoms. The molecule has 0 unspecified atom stereocenters. The van der Waals surface area contributed by atoms with Crippen LogP contribution < -0.4 is 15.0 Å². The summed E-state index contributed by atoms with van der Waals surface area (Å²) in [6.45, 7) is 5.94. The van der Waals surface area contributed by atoms with Crippen LogP contribution >= 0.6 is 12.2 Å². The molecule has 2 aromatic rings. The first-order valence-corrected chi connectivity index (χ1v) is 9.07. The van der Waals surface area contributed by atoms with Crippen molar-refractivity contribution in [1.29, 1.82) is 0 Å². The summed E-state index contributed by atoms with van der Waals surface area (Å²) in [5.74, 6) is 0.891. The molecule has 1 atom stereocenters.